The summed E-state index contributed by atoms with van der Waals surface area (Å²) in [6, 6.07) is 12.4. The van der Waals surface area contributed by atoms with Crippen molar-refractivity contribution in [2.24, 2.45) is 0 Å². The van der Waals surface area contributed by atoms with E-state index in [-0.39, 0.29) is 12.2 Å². The van der Waals surface area contributed by atoms with E-state index in [1.807, 2.05) is 0 Å². The van der Waals surface area contributed by atoms with Gasteiger partial charge in [-0.2, -0.15) is 13.2 Å². The van der Waals surface area contributed by atoms with Crippen LogP contribution in [-0.2, 0) is 19.0 Å². The zero-order valence-corrected chi connectivity index (χ0v) is 22.1. The van der Waals surface area contributed by atoms with E-state index < -0.39 is 46.7 Å². The maximum Gasteiger partial charge on any atom is 0.420 e. The minimum absolute atomic E-state index is 0.0436. The number of ether oxygens (including phenoxy) is 1. The van der Waals surface area contributed by atoms with Gasteiger partial charge in [0.1, 0.15) is 17.1 Å². The number of allylic oxidation sites excluding steroid dienone is 6. The van der Waals surface area contributed by atoms with Crippen LogP contribution in [0, 0.1) is 11.6 Å². The monoisotopic (exact) mass is 548 g/mol. The van der Waals surface area contributed by atoms with E-state index in [9.17, 15) is 13.2 Å². The smallest absolute Gasteiger partial charge is 0.420 e. The summed E-state index contributed by atoms with van der Waals surface area (Å²) in [6.45, 7) is 16.4. The number of hydrogen-bond acceptors (Lipinski definition) is 1. The lowest BCUT2D eigenvalue weighted by molar-refractivity contribution is -0.139. The second kappa shape index (κ2) is 13.1. The number of benzene rings is 3. The fourth-order valence-corrected chi connectivity index (χ4v) is 3.96. The molecule has 0 heterocycles. The summed E-state index contributed by atoms with van der Waals surface area (Å²) >= 11 is 0. The van der Waals surface area contributed by atoms with Gasteiger partial charge in [-0.25, -0.2) is 8.78 Å². The van der Waals surface area contributed by atoms with Crippen molar-refractivity contribution in [2.45, 2.75) is 25.9 Å². The summed E-state index contributed by atoms with van der Waals surface area (Å²) in [6.07, 6.45) is 3.45. The lowest BCUT2D eigenvalue weighted by Gasteiger charge is -2.22. The van der Waals surface area contributed by atoms with Crippen LogP contribution in [0.1, 0.15) is 40.3 Å². The molecule has 0 unspecified atom stereocenters. The molecule has 0 aliphatic rings. The number of alkyl halides is 3. The van der Waals surface area contributed by atoms with E-state index in [1.165, 1.54) is 18.2 Å². The lowest BCUT2D eigenvalue weighted by atomic mass is 9.91. The molecule has 0 saturated carbocycles. The second-order valence-electron chi connectivity index (χ2n) is 9.02. The molecule has 0 N–H and O–H groups in total. The Morgan fingerprint density at radius 2 is 1.35 bits per heavy atom. The third-order valence-electron chi connectivity index (χ3n) is 6.26. The average molecular weight is 549 g/mol. The van der Waals surface area contributed by atoms with E-state index >= 15 is 8.78 Å². The first-order chi connectivity index (χ1) is 19.0. The Hall–Kier alpha value is -4.45. The molecule has 3 aromatic rings. The summed E-state index contributed by atoms with van der Waals surface area (Å²) in [7, 11) is 0. The molecule has 3 aromatic carbocycles. The standard InChI is InChI=1S/C34H29F5O/c1-6-22(5)10-11-25(9-4)20-29-31(35)28(21-26-14-12-23(7-2)13-15-26)30(34(37,38)39)33(32(29)36)40-27-18-16-24(8-3)17-19-27/h6-19H,1-4,20-21H2,5H3/b22-10+,25-11+. The molecule has 1 nitrogen and oxygen atoms in total. The van der Waals surface area contributed by atoms with Gasteiger partial charge in [0.25, 0.3) is 0 Å². The van der Waals surface area contributed by atoms with Crippen LogP contribution in [0.3, 0.4) is 0 Å². The van der Waals surface area contributed by atoms with Crippen LogP contribution in [0.4, 0.5) is 22.0 Å². The maximum absolute atomic E-state index is 16.0. The van der Waals surface area contributed by atoms with Crippen LogP contribution < -0.4 is 4.74 Å². The van der Waals surface area contributed by atoms with Gasteiger partial charge < -0.3 is 4.74 Å². The minimum atomic E-state index is -5.12. The summed E-state index contributed by atoms with van der Waals surface area (Å²) in [4.78, 5) is 0. The molecule has 40 heavy (non-hydrogen) atoms. The highest BCUT2D eigenvalue weighted by Gasteiger charge is 2.42. The molecular formula is C34H29F5O. The molecular weight excluding hydrogens is 519 g/mol. The van der Waals surface area contributed by atoms with Gasteiger partial charge in [0.05, 0.1) is 0 Å². The first-order valence-electron chi connectivity index (χ1n) is 12.4. The van der Waals surface area contributed by atoms with Gasteiger partial charge in [0.15, 0.2) is 11.6 Å². The fraction of sp³-hybridized carbons (Fsp3) is 0.118. The molecule has 0 saturated heterocycles. The van der Waals surface area contributed by atoms with Crippen molar-refractivity contribution in [3.63, 3.8) is 0 Å². The Balaban J connectivity index is 2.29. The Kier molecular flexibility index (Phi) is 9.83. The van der Waals surface area contributed by atoms with Gasteiger partial charge in [-0.15, -0.1) is 0 Å². The van der Waals surface area contributed by atoms with Gasteiger partial charge in [-0.1, -0.05) is 105 Å². The highest BCUT2D eigenvalue weighted by molar-refractivity contribution is 5.55. The predicted octanol–water partition coefficient (Wildman–Crippen LogP) is 10.4. The van der Waals surface area contributed by atoms with Gasteiger partial charge in [-0.3, -0.25) is 0 Å². The van der Waals surface area contributed by atoms with E-state index in [4.69, 9.17) is 4.74 Å². The lowest BCUT2D eigenvalue weighted by Crippen LogP contribution is -2.17. The minimum Gasteiger partial charge on any atom is -0.454 e. The van der Waals surface area contributed by atoms with Crippen molar-refractivity contribution in [3.05, 3.63) is 155 Å². The average Bonchev–Trinajstić information content (AvgIpc) is 2.95. The summed E-state index contributed by atoms with van der Waals surface area (Å²) in [5, 5.41) is 0. The van der Waals surface area contributed by atoms with Crippen LogP contribution in [0.2, 0.25) is 0 Å². The molecule has 0 radical (unpaired) electrons. The third-order valence-corrected chi connectivity index (χ3v) is 6.26. The van der Waals surface area contributed by atoms with Gasteiger partial charge in [-0.05, 0) is 41.3 Å². The van der Waals surface area contributed by atoms with Gasteiger partial charge in [0.2, 0.25) is 0 Å². The third kappa shape index (κ3) is 7.14. The Bertz CT molecular complexity index is 1390. The molecule has 0 bridgehead atoms. The van der Waals surface area contributed by atoms with Gasteiger partial charge in [0, 0.05) is 24.0 Å². The highest BCUT2D eigenvalue weighted by atomic mass is 19.4. The van der Waals surface area contributed by atoms with E-state index in [0.29, 0.717) is 16.7 Å². The fourth-order valence-electron chi connectivity index (χ4n) is 3.96. The molecule has 0 atom stereocenters. The van der Waals surface area contributed by atoms with Crippen LogP contribution in [0.25, 0.3) is 12.2 Å². The molecule has 6 heteroatoms. The molecule has 0 amide bonds. The van der Waals surface area contributed by atoms with Crippen molar-refractivity contribution < 1.29 is 26.7 Å². The Morgan fingerprint density at radius 3 is 1.85 bits per heavy atom. The zero-order valence-electron chi connectivity index (χ0n) is 22.1. The maximum atomic E-state index is 16.0. The molecule has 3 rings (SSSR count). The number of halogens is 5. The van der Waals surface area contributed by atoms with Crippen molar-refractivity contribution in [2.75, 3.05) is 0 Å². The highest BCUT2D eigenvalue weighted by Crippen LogP contribution is 2.45. The van der Waals surface area contributed by atoms with E-state index in [2.05, 4.69) is 26.3 Å². The second-order valence-corrected chi connectivity index (χ2v) is 9.02. The largest absolute Gasteiger partial charge is 0.454 e. The normalized spacial score (nSPS) is 12.2. The van der Waals surface area contributed by atoms with Crippen LogP contribution >= 0.6 is 0 Å². The molecule has 0 spiro atoms. The molecule has 0 fully saturated rings. The van der Waals surface area contributed by atoms with Crippen molar-refractivity contribution >= 4 is 12.2 Å². The van der Waals surface area contributed by atoms with E-state index in [0.717, 1.165) is 11.1 Å². The van der Waals surface area contributed by atoms with Crippen molar-refractivity contribution in [3.8, 4) is 11.5 Å². The summed E-state index contributed by atoms with van der Waals surface area (Å²) in [5.74, 6) is -3.85. The first kappa shape index (κ1) is 30.1. The zero-order chi connectivity index (χ0) is 29.4. The topological polar surface area (TPSA) is 9.23 Å². The summed E-state index contributed by atoms with van der Waals surface area (Å²) < 4.78 is 81.1. The SMILES string of the molecule is C=C/C(=C\C=C(/C)C=C)Cc1c(F)c(Cc2ccc(C=C)cc2)c(C(F)(F)F)c(Oc2ccc(C=C)cc2)c1F. The Morgan fingerprint density at radius 1 is 0.775 bits per heavy atom. The van der Waals surface area contributed by atoms with Crippen LogP contribution in [-0.4, -0.2) is 0 Å². The molecule has 0 aliphatic heterocycles. The Labute approximate surface area is 231 Å². The summed E-state index contributed by atoms with van der Waals surface area (Å²) in [5.41, 5.74) is 0.237. The number of hydrogen-bond donors (Lipinski definition) is 0. The van der Waals surface area contributed by atoms with E-state index in [1.54, 1.807) is 73.7 Å². The molecule has 206 valence electrons. The molecule has 0 aromatic heterocycles. The predicted molar refractivity (Wildman–Crippen MR) is 153 cm³/mol. The van der Waals surface area contributed by atoms with Crippen LogP contribution in [0.5, 0.6) is 11.5 Å². The van der Waals surface area contributed by atoms with Crippen LogP contribution in [0.15, 0.2) is 110 Å². The quantitative estimate of drug-likeness (QED) is 0.171. The number of rotatable bonds is 11. The van der Waals surface area contributed by atoms with Gasteiger partial charge >= 0.3 is 6.18 Å². The van der Waals surface area contributed by atoms with Crippen molar-refractivity contribution in [1.82, 2.24) is 0 Å². The molecule has 0 aliphatic carbocycles. The first-order valence-corrected chi connectivity index (χ1v) is 12.4. The van der Waals surface area contributed by atoms with Crippen molar-refractivity contribution in [1.29, 1.82) is 0 Å².